The third kappa shape index (κ3) is 5.82. The third-order valence-corrected chi connectivity index (χ3v) is 5.56. The van der Waals surface area contributed by atoms with E-state index in [-0.39, 0.29) is 5.56 Å². The number of amides is 1. The highest BCUT2D eigenvalue weighted by Gasteiger charge is 2.31. The number of carbonyl (C=O) groups excluding carboxylic acids is 1. The van der Waals surface area contributed by atoms with Crippen molar-refractivity contribution in [1.29, 1.82) is 0 Å². The zero-order valence-corrected chi connectivity index (χ0v) is 20.3. The number of alkyl halides is 3. The molecule has 3 heterocycles. The van der Waals surface area contributed by atoms with Gasteiger partial charge in [-0.25, -0.2) is 19.9 Å². The lowest BCUT2D eigenvalue weighted by Gasteiger charge is -2.24. The first-order chi connectivity index (χ1) is 18.8. The average molecular weight is 532 g/mol. The van der Waals surface area contributed by atoms with Gasteiger partial charge in [-0.1, -0.05) is 12.1 Å². The highest BCUT2D eigenvalue weighted by Crippen LogP contribution is 2.36. The van der Waals surface area contributed by atoms with Crippen molar-refractivity contribution in [2.45, 2.75) is 13.1 Å². The molecule has 0 aliphatic rings. The number of H-pyrrole nitrogens is 1. The van der Waals surface area contributed by atoms with Crippen LogP contribution in [0.1, 0.15) is 21.5 Å². The fourth-order valence-corrected chi connectivity index (χ4v) is 3.73. The van der Waals surface area contributed by atoms with Crippen LogP contribution in [0.4, 0.5) is 47.9 Å². The summed E-state index contributed by atoms with van der Waals surface area (Å²) in [5.41, 5.74) is 0.756. The molecule has 0 saturated carbocycles. The number of benzene rings is 2. The second kappa shape index (κ2) is 10.6. The maximum absolute atomic E-state index is 13.1. The summed E-state index contributed by atoms with van der Waals surface area (Å²) >= 11 is 0. The fourth-order valence-electron chi connectivity index (χ4n) is 3.73. The van der Waals surface area contributed by atoms with Crippen LogP contribution < -0.4 is 15.5 Å². The Kier molecular flexibility index (Phi) is 6.87. The zero-order valence-electron chi connectivity index (χ0n) is 20.3. The van der Waals surface area contributed by atoms with Crippen LogP contribution in [0.3, 0.4) is 0 Å². The summed E-state index contributed by atoms with van der Waals surface area (Å²) in [6.45, 7) is 1.86. The van der Waals surface area contributed by atoms with Crippen LogP contribution in [-0.4, -0.2) is 35.8 Å². The molecular formula is C26H20F3N9O. The van der Waals surface area contributed by atoms with Gasteiger partial charge < -0.3 is 15.6 Å². The third-order valence-electron chi connectivity index (χ3n) is 5.56. The molecule has 0 bridgehead atoms. The Morgan fingerprint density at radius 3 is 2.56 bits per heavy atom. The second-order valence-electron chi connectivity index (χ2n) is 8.26. The Hall–Kier alpha value is -5.33. The molecule has 0 spiro atoms. The van der Waals surface area contributed by atoms with Crippen molar-refractivity contribution in [1.82, 2.24) is 29.9 Å². The SMILES string of the molecule is Cc1ccc(NC(=O)c2cccc(C(F)(F)F)c2)cc1N(c1cc(Nc2cnccn2)ncn1)c1ncc[nH]1. The van der Waals surface area contributed by atoms with Gasteiger partial charge in [-0.15, -0.1) is 0 Å². The number of rotatable bonds is 7. The Morgan fingerprint density at radius 1 is 0.949 bits per heavy atom. The maximum atomic E-state index is 13.1. The van der Waals surface area contributed by atoms with Crippen LogP contribution in [0.15, 0.2) is 85.8 Å². The van der Waals surface area contributed by atoms with E-state index in [4.69, 9.17) is 0 Å². The first kappa shape index (κ1) is 25.3. The number of nitrogens with one attached hydrogen (secondary N) is 3. The number of nitrogens with zero attached hydrogens (tertiary/aromatic N) is 6. The number of halogens is 3. The van der Waals surface area contributed by atoms with Gasteiger partial charge in [0.05, 0.1) is 17.4 Å². The molecule has 13 heteroatoms. The minimum Gasteiger partial charge on any atom is -0.330 e. The number of aromatic amines is 1. The summed E-state index contributed by atoms with van der Waals surface area (Å²) in [5.74, 6) is 1.13. The lowest BCUT2D eigenvalue weighted by Crippen LogP contribution is -2.17. The molecule has 0 atom stereocenters. The predicted molar refractivity (Wildman–Crippen MR) is 138 cm³/mol. The van der Waals surface area contributed by atoms with Crippen LogP contribution in [0.25, 0.3) is 0 Å². The quantitative estimate of drug-likeness (QED) is 0.241. The lowest BCUT2D eigenvalue weighted by atomic mass is 10.1. The smallest absolute Gasteiger partial charge is 0.330 e. The van der Waals surface area contributed by atoms with E-state index >= 15 is 0 Å². The summed E-state index contributed by atoms with van der Waals surface area (Å²) < 4.78 is 39.4. The fraction of sp³-hybridized carbons (Fsp3) is 0.0769. The van der Waals surface area contributed by atoms with E-state index in [1.165, 1.54) is 18.5 Å². The largest absolute Gasteiger partial charge is 0.416 e. The summed E-state index contributed by atoms with van der Waals surface area (Å²) in [4.78, 5) is 38.8. The molecule has 0 aliphatic carbocycles. The van der Waals surface area contributed by atoms with Gasteiger partial charge in [0.2, 0.25) is 5.95 Å². The van der Waals surface area contributed by atoms with Crippen LogP contribution in [-0.2, 0) is 6.18 Å². The molecule has 0 unspecified atom stereocenters. The highest BCUT2D eigenvalue weighted by molar-refractivity contribution is 6.04. The standard InChI is InChI=1S/C26H20F3N9O/c1-16-5-6-19(36-24(39)17-3-2-4-18(11-17)26(27,28)29)12-20(16)38(25-32-9-10-33-25)23-13-21(34-15-35-23)37-22-14-30-7-8-31-22/h2-15H,1H3,(H,32,33)(H,36,39)(H,31,34,35,37). The number of hydrogen-bond acceptors (Lipinski definition) is 8. The molecule has 0 saturated heterocycles. The summed E-state index contributed by atoms with van der Waals surface area (Å²) in [6.07, 6.45) is 4.69. The van der Waals surface area contributed by atoms with Crippen molar-refractivity contribution in [2.75, 3.05) is 15.5 Å². The van der Waals surface area contributed by atoms with Crippen LogP contribution in [0.5, 0.6) is 0 Å². The number of aromatic nitrogens is 6. The molecule has 0 aliphatic heterocycles. The van der Waals surface area contributed by atoms with Gasteiger partial charge in [-0.05, 0) is 42.8 Å². The molecular weight excluding hydrogens is 511 g/mol. The molecule has 0 fully saturated rings. The molecule has 10 nitrogen and oxygen atoms in total. The Bertz CT molecular complexity index is 1590. The Morgan fingerprint density at radius 2 is 1.82 bits per heavy atom. The monoisotopic (exact) mass is 531 g/mol. The normalized spacial score (nSPS) is 11.2. The van der Waals surface area contributed by atoms with E-state index in [2.05, 4.69) is 40.5 Å². The summed E-state index contributed by atoms with van der Waals surface area (Å²) in [7, 11) is 0. The summed E-state index contributed by atoms with van der Waals surface area (Å²) in [6, 6.07) is 11.0. The molecule has 3 aromatic heterocycles. The van der Waals surface area contributed by atoms with Crippen molar-refractivity contribution in [3.05, 3.63) is 103 Å². The minimum absolute atomic E-state index is 0.120. The van der Waals surface area contributed by atoms with E-state index in [0.29, 0.717) is 34.8 Å². The lowest BCUT2D eigenvalue weighted by molar-refractivity contribution is -0.137. The van der Waals surface area contributed by atoms with Gasteiger partial charge in [-0.2, -0.15) is 13.2 Å². The van der Waals surface area contributed by atoms with E-state index in [1.807, 2.05) is 6.92 Å². The average Bonchev–Trinajstić information content (AvgIpc) is 3.45. The van der Waals surface area contributed by atoms with E-state index in [1.54, 1.807) is 60.1 Å². The minimum atomic E-state index is -4.56. The van der Waals surface area contributed by atoms with Gasteiger partial charge in [-0.3, -0.25) is 14.7 Å². The second-order valence-corrected chi connectivity index (χ2v) is 8.26. The van der Waals surface area contributed by atoms with Gasteiger partial charge in [0.15, 0.2) is 0 Å². The van der Waals surface area contributed by atoms with Crippen LogP contribution >= 0.6 is 0 Å². The predicted octanol–water partition coefficient (Wildman–Crippen LogP) is 5.78. The first-order valence-corrected chi connectivity index (χ1v) is 11.5. The molecule has 2 aromatic carbocycles. The van der Waals surface area contributed by atoms with E-state index in [9.17, 15) is 18.0 Å². The Balaban J connectivity index is 1.48. The topological polar surface area (TPSA) is 125 Å². The van der Waals surface area contributed by atoms with Crippen molar-refractivity contribution in [3.63, 3.8) is 0 Å². The maximum Gasteiger partial charge on any atom is 0.416 e. The molecule has 1 amide bonds. The molecule has 0 radical (unpaired) electrons. The van der Waals surface area contributed by atoms with Gasteiger partial charge in [0, 0.05) is 42.1 Å². The van der Waals surface area contributed by atoms with E-state index < -0.39 is 17.6 Å². The molecule has 39 heavy (non-hydrogen) atoms. The summed E-state index contributed by atoms with van der Waals surface area (Å²) in [5, 5.41) is 5.74. The van der Waals surface area contributed by atoms with Crippen molar-refractivity contribution >= 4 is 40.7 Å². The number of hydrogen-bond donors (Lipinski definition) is 3. The molecule has 196 valence electrons. The zero-order chi connectivity index (χ0) is 27.4. The van der Waals surface area contributed by atoms with Gasteiger partial charge >= 0.3 is 6.18 Å². The van der Waals surface area contributed by atoms with Gasteiger partial charge in [0.1, 0.15) is 23.8 Å². The van der Waals surface area contributed by atoms with Crippen LogP contribution in [0, 0.1) is 6.92 Å². The number of imidazole rings is 1. The van der Waals surface area contributed by atoms with Gasteiger partial charge in [0.25, 0.3) is 5.91 Å². The van der Waals surface area contributed by atoms with Crippen molar-refractivity contribution in [3.8, 4) is 0 Å². The molecule has 5 aromatic rings. The first-order valence-electron chi connectivity index (χ1n) is 11.5. The van der Waals surface area contributed by atoms with E-state index in [0.717, 1.165) is 17.7 Å². The molecule has 5 rings (SSSR count). The number of carbonyl (C=O) groups is 1. The van der Waals surface area contributed by atoms with Crippen molar-refractivity contribution in [2.24, 2.45) is 0 Å². The van der Waals surface area contributed by atoms with Crippen LogP contribution in [0.2, 0.25) is 0 Å². The molecule has 3 N–H and O–H groups in total. The van der Waals surface area contributed by atoms with Crippen molar-refractivity contribution < 1.29 is 18.0 Å². The number of aryl methyl sites for hydroxylation is 1. The Labute approximate surface area is 220 Å². The number of anilines is 6. The highest BCUT2D eigenvalue weighted by atomic mass is 19.4.